The number of carbonyl (C=O) groups is 1. The molecule has 1 saturated heterocycles. The van der Waals surface area contributed by atoms with E-state index in [1.807, 2.05) is 11.8 Å². The van der Waals surface area contributed by atoms with E-state index in [0.717, 1.165) is 38.8 Å². The Labute approximate surface area is 111 Å². The maximum Gasteiger partial charge on any atom is 0.239 e. The quantitative estimate of drug-likeness (QED) is 0.723. The van der Waals surface area contributed by atoms with Crippen LogP contribution in [0, 0.1) is 5.92 Å². The Morgan fingerprint density at radius 2 is 2.17 bits per heavy atom. The van der Waals surface area contributed by atoms with E-state index in [-0.39, 0.29) is 18.6 Å². The second kappa shape index (κ2) is 7.74. The summed E-state index contributed by atoms with van der Waals surface area (Å²) in [7, 11) is 0. The molecule has 2 N–H and O–H groups in total. The smallest absolute Gasteiger partial charge is 0.239 e. The van der Waals surface area contributed by atoms with Gasteiger partial charge >= 0.3 is 0 Å². The van der Waals surface area contributed by atoms with Crippen molar-refractivity contribution in [1.82, 2.24) is 10.2 Å². The zero-order valence-electron chi connectivity index (χ0n) is 12.0. The van der Waals surface area contributed by atoms with Crippen LogP contribution in [-0.2, 0) is 4.79 Å². The summed E-state index contributed by atoms with van der Waals surface area (Å²) in [5.74, 6) is 0.598. The highest BCUT2D eigenvalue weighted by molar-refractivity contribution is 5.82. The lowest BCUT2D eigenvalue weighted by Gasteiger charge is -2.34. The summed E-state index contributed by atoms with van der Waals surface area (Å²) in [5.41, 5.74) is 0. The summed E-state index contributed by atoms with van der Waals surface area (Å²) in [6.45, 7) is 8.17. The van der Waals surface area contributed by atoms with Crippen molar-refractivity contribution in [2.75, 3.05) is 19.7 Å². The van der Waals surface area contributed by atoms with Crippen LogP contribution in [0.3, 0.4) is 0 Å². The molecule has 2 unspecified atom stereocenters. The van der Waals surface area contributed by atoms with Crippen LogP contribution in [0.25, 0.3) is 0 Å². The van der Waals surface area contributed by atoms with Crippen molar-refractivity contribution in [3.63, 3.8) is 0 Å². The second-order valence-electron chi connectivity index (χ2n) is 5.77. The summed E-state index contributed by atoms with van der Waals surface area (Å²) >= 11 is 0. The third kappa shape index (κ3) is 4.94. The van der Waals surface area contributed by atoms with Crippen LogP contribution in [0.1, 0.15) is 46.5 Å². The molecule has 4 heteroatoms. The zero-order chi connectivity index (χ0) is 13.5. The molecule has 0 aromatic rings. The summed E-state index contributed by atoms with van der Waals surface area (Å²) in [6.07, 6.45) is 4.02. The van der Waals surface area contributed by atoms with Gasteiger partial charge < -0.3 is 15.3 Å². The number of aliphatic hydroxyl groups is 1. The molecule has 0 aromatic carbocycles. The van der Waals surface area contributed by atoms with Crippen molar-refractivity contribution in [1.29, 1.82) is 0 Å². The number of nitrogens with one attached hydrogen (secondary N) is 1. The van der Waals surface area contributed by atoms with E-state index in [1.54, 1.807) is 0 Å². The van der Waals surface area contributed by atoms with Crippen LogP contribution in [0.5, 0.6) is 0 Å². The van der Waals surface area contributed by atoms with Gasteiger partial charge in [-0.3, -0.25) is 4.79 Å². The van der Waals surface area contributed by atoms with E-state index in [0.29, 0.717) is 12.0 Å². The maximum atomic E-state index is 12.2. The van der Waals surface area contributed by atoms with E-state index in [4.69, 9.17) is 5.11 Å². The van der Waals surface area contributed by atoms with Gasteiger partial charge in [-0.1, -0.05) is 20.8 Å². The summed E-state index contributed by atoms with van der Waals surface area (Å²) in [6, 6.07) is 0.363. The first kappa shape index (κ1) is 15.4. The van der Waals surface area contributed by atoms with E-state index in [9.17, 15) is 4.79 Å². The minimum atomic E-state index is 0.00835. The highest BCUT2D eigenvalue weighted by atomic mass is 16.3. The van der Waals surface area contributed by atoms with Crippen LogP contribution in [0.2, 0.25) is 0 Å². The Morgan fingerprint density at radius 3 is 2.78 bits per heavy atom. The zero-order valence-corrected chi connectivity index (χ0v) is 12.0. The Balaban J connectivity index is 2.34. The first-order valence-electron chi connectivity index (χ1n) is 7.20. The lowest BCUT2D eigenvalue weighted by Crippen LogP contribution is -2.52. The minimum Gasteiger partial charge on any atom is -0.396 e. The third-order valence-corrected chi connectivity index (χ3v) is 3.50. The molecule has 1 rings (SSSR count). The van der Waals surface area contributed by atoms with Gasteiger partial charge in [0.2, 0.25) is 5.91 Å². The van der Waals surface area contributed by atoms with Crippen molar-refractivity contribution >= 4 is 5.91 Å². The van der Waals surface area contributed by atoms with Gasteiger partial charge in [0.1, 0.15) is 0 Å². The summed E-state index contributed by atoms with van der Waals surface area (Å²) < 4.78 is 0. The number of piperidine rings is 1. The molecule has 106 valence electrons. The predicted octanol–water partition coefficient (Wildman–Crippen LogP) is 1.38. The van der Waals surface area contributed by atoms with Gasteiger partial charge in [0.05, 0.1) is 6.04 Å². The number of aliphatic hydroxyl groups excluding tert-OH is 1. The van der Waals surface area contributed by atoms with Crippen LogP contribution in [-0.4, -0.2) is 47.7 Å². The van der Waals surface area contributed by atoms with Gasteiger partial charge in [-0.05, 0) is 31.6 Å². The normalized spacial score (nSPS) is 22.6. The van der Waals surface area contributed by atoms with Crippen molar-refractivity contribution in [3.05, 3.63) is 0 Å². The van der Waals surface area contributed by atoms with Gasteiger partial charge in [0.25, 0.3) is 0 Å². The van der Waals surface area contributed by atoms with Gasteiger partial charge in [-0.25, -0.2) is 0 Å². The number of hydrogen-bond donors (Lipinski definition) is 2. The van der Waals surface area contributed by atoms with Crippen LogP contribution in [0.15, 0.2) is 0 Å². The molecule has 1 fully saturated rings. The standard InChI is InChI=1S/C14H28N2O2/c1-11(2)15-13-7-5-9-16(14(13)18)8-4-6-12(3)10-17/h11-13,15,17H,4-10H2,1-3H3. The molecule has 2 atom stereocenters. The average Bonchev–Trinajstić information content (AvgIpc) is 2.33. The van der Waals surface area contributed by atoms with Gasteiger partial charge in [-0.15, -0.1) is 0 Å². The van der Waals surface area contributed by atoms with Gasteiger partial charge in [0.15, 0.2) is 0 Å². The topological polar surface area (TPSA) is 52.6 Å². The molecule has 0 saturated carbocycles. The first-order valence-corrected chi connectivity index (χ1v) is 7.20. The van der Waals surface area contributed by atoms with Crippen molar-refractivity contribution in [2.24, 2.45) is 5.92 Å². The minimum absolute atomic E-state index is 0.00835. The predicted molar refractivity (Wildman–Crippen MR) is 73.4 cm³/mol. The van der Waals surface area contributed by atoms with E-state index >= 15 is 0 Å². The molecule has 0 radical (unpaired) electrons. The fourth-order valence-corrected chi connectivity index (χ4v) is 2.44. The van der Waals surface area contributed by atoms with E-state index in [1.165, 1.54) is 0 Å². The van der Waals surface area contributed by atoms with E-state index < -0.39 is 0 Å². The molecule has 0 spiro atoms. The largest absolute Gasteiger partial charge is 0.396 e. The summed E-state index contributed by atoms with van der Waals surface area (Å²) in [4.78, 5) is 14.2. The fourth-order valence-electron chi connectivity index (χ4n) is 2.44. The van der Waals surface area contributed by atoms with Crippen LogP contribution in [0.4, 0.5) is 0 Å². The van der Waals surface area contributed by atoms with Crippen LogP contribution < -0.4 is 5.32 Å². The molecule has 1 aliphatic heterocycles. The SMILES string of the molecule is CC(CO)CCCN1CCCC(NC(C)C)C1=O. The highest BCUT2D eigenvalue weighted by Crippen LogP contribution is 2.14. The average molecular weight is 256 g/mol. The second-order valence-corrected chi connectivity index (χ2v) is 5.77. The number of nitrogens with zero attached hydrogens (tertiary/aromatic N) is 1. The van der Waals surface area contributed by atoms with Gasteiger partial charge in [0, 0.05) is 25.7 Å². The maximum absolute atomic E-state index is 12.2. The van der Waals surface area contributed by atoms with Crippen molar-refractivity contribution < 1.29 is 9.90 Å². The van der Waals surface area contributed by atoms with E-state index in [2.05, 4.69) is 19.2 Å². The molecule has 18 heavy (non-hydrogen) atoms. The Morgan fingerprint density at radius 1 is 1.44 bits per heavy atom. The Bertz CT molecular complexity index is 256. The molecule has 0 aliphatic carbocycles. The molecule has 0 aromatic heterocycles. The molecule has 1 aliphatic rings. The first-order chi connectivity index (χ1) is 8.54. The molecule has 1 heterocycles. The molecule has 4 nitrogen and oxygen atoms in total. The Hall–Kier alpha value is -0.610. The monoisotopic (exact) mass is 256 g/mol. The van der Waals surface area contributed by atoms with Crippen molar-refractivity contribution in [3.8, 4) is 0 Å². The van der Waals surface area contributed by atoms with Gasteiger partial charge in [-0.2, -0.15) is 0 Å². The molecular weight excluding hydrogens is 228 g/mol. The lowest BCUT2D eigenvalue weighted by atomic mass is 10.0. The summed E-state index contributed by atoms with van der Waals surface area (Å²) in [5, 5.41) is 12.3. The number of amides is 1. The van der Waals surface area contributed by atoms with Crippen LogP contribution >= 0.6 is 0 Å². The third-order valence-electron chi connectivity index (χ3n) is 3.50. The Kier molecular flexibility index (Phi) is 6.65. The molecule has 0 bridgehead atoms. The fraction of sp³-hybridized carbons (Fsp3) is 0.929. The lowest BCUT2D eigenvalue weighted by molar-refractivity contribution is -0.136. The molecule has 1 amide bonds. The number of likely N-dealkylation sites (tertiary alicyclic amines) is 1. The number of hydrogen-bond acceptors (Lipinski definition) is 3. The highest BCUT2D eigenvalue weighted by Gasteiger charge is 2.28. The molecular formula is C14H28N2O2. The van der Waals surface area contributed by atoms with Crippen molar-refractivity contribution in [2.45, 2.75) is 58.5 Å². The number of rotatable bonds is 7. The number of carbonyl (C=O) groups excluding carboxylic acids is 1.